The summed E-state index contributed by atoms with van der Waals surface area (Å²) in [5, 5.41) is 3.47. The minimum atomic E-state index is -1.54. The van der Waals surface area contributed by atoms with Gasteiger partial charge in [0.1, 0.15) is 6.17 Å². The molecular weight excluding hydrogens is 266 g/mol. The second-order valence-corrected chi connectivity index (χ2v) is 5.48. The minimum absolute atomic E-state index is 0.637. The second-order valence-electron chi connectivity index (χ2n) is 2.67. The fraction of sp³-hybridized carbons (Fsp3) is 0.250. The van der Waals surface area contributed by atoms with Crippen LogP contribution in [0.25, 0.3) is 0 Å². The van der Waals surface area contributed by atoms with E-state index < -0.39 is 9.96 Å². The van der Waals surface area contributed by atoms with Gasteiger partial charge in [0.2, 0.25) is 3.79 Å². The Kier molecular flexibility index (Phi) is 4.16. The number of anilines is 1. The van der Waals surface area contributed by atoms with Crippen LogP contribution in [0, 0.1) is 0 Å². The number of halogens is 4. The lowest BCUT2D eigenvalue weighted by atomic mass is 10.3. The zero-order valence-electron chi connectivity index (χ0n) is 6.98. The summed E-state index contributed by atoms with van der Waals surface area (Å²) < 4.78 is -1.54. The molecule has 14 heavy (non-hydrogen) atoms. The Morgan fingerprint density at radius 3 is 2.07 bits per heavy atom. The first-order chi connectivity index (χ1) is 6.39. The molecule has 0 saturated heterocycles. The van der Waals surface area contributed by atoms with Gasteiger partial charge in [-0.05, 0) is 24.3 Å². The average Bonchev–Trinajstić information content (AvgIpc) is 2.07. The molecule has 0 heterocycles. The highest BCUT2D eigenvalue weighted by molar-refractivity contribution is 6.68. The Morgan fingerprint density at radius 2 is 1.64 bits per heavy atom. The highest BCUT2D eigenvalue weighted by atomic mass is 35.6. The van der Waals surface area contributed by atoms with Crippen LogP contribution in [-0.4, -0.2) is 9.96 Å². The van der Waals surface area contributed by atoms with Crippen LogP contribution < -0.4 is 11.1 Å². The first-order valence-corrected chi connectivity index (χ1v) is 5.25. The molecule has 0 bridgehead atoms. The van der Waals surface area contributed by atoms with Crippen molar-refractivity contribution in [3.63, 3.8) is 0 Å². The summed E-state index contributed by atoms with van der Waals surface area (Å²) in [6.07, 6.45) is -0.770. The molecule has 1 atom stereocenters. The number of hydrogen-bond donors (Lipinski definition) is 2. The van der Waals surface area contributed by atoms with E-state index in [0.717, 1.165) is 5.69 Å². The molecule has 0 aromatic heterocycles. The van der Waals surface area contributed by atoms with Gasteiger partial charge in [0.15, 0.2) is 0 Å². The van der Waals surface area contributed by atoms with E-state index in [1.54, 1.807) is 24.3 Å². The van der Waals surface area contributed by atoms with Crippen molar-refractivity contribution in [2.75, 3.05) is 5.32 Å². The molecule has 2 nitrogen and oxygen atoms in total. The summed E-state index contributed by atoms with van der Waals surface area (Å²) >= 11 is 22.4. The Labute approximate surface area is 102 Å². The Morgan fingerprint density at radius 1 is 1.14 bits per heavy atom. The van der Waals surface area contributed by atoms with Crippen LogP contribution >= 0.6 is 46.4 Å². The third-order valence-electron chi connectivity index (χ3n) is 1.52. The van der Waals surface area contributed by atoms with Gasteiger partial charge in [-0.1, -0.05) is 46.4 Å². The van der Waals surface area contributed by atoms with Crippen molar-refractivity contribution in [1.29, 1.82) is 0 Å². The van der Waals surface area contributed by atoms with Crippen molar-refractivity contribution in [3.05, 3.63) is 29.3 Å². The Bertz CT molecular complexity index is 293. The first-order valence-electron chi connectivity index (χ1n) is 3.74. The maximum Gasteiger partial charge on any atom is 0.223 e. The minimum Gasteiger partial charge on any atom is -0.366 e. The van der Waals surface area contributed by atoms with E-state index in [4.69, 9.17) is 52.1 Å². The molecule has 1 rings (SSSR count). The molecule has 0 aliphatic rings. The van der Waals surface area contributed by atoms with E-state index in [1.165, 1.54) is 0 Å². The number of benzene rings is 1. The molecule has 0 radical (unpaired) electrons. The smallest absolute Gasteiger partial charge is 0.223 e. The highest BCUT2D eigenvalue weighted by Gasteiger charge is 2.29. The van der Waals surface area contributed by atoms with Crippen molar-refractivity contribution < 1.29 is 0 Å². The van der Waals surface area contributed by atoms with Gasteiger partial charge < -0.3 is 11.1 Å². The van der Waals surface area contributed by atoms with Gasteiger partial charge in [0, 0.05) is 10.7 Å². The van der Waals surface area contributed by atoms with Crippen LogP contribution in [0.5, 0.6) is 0 Å². The van der Waals surface area contributed by atoms with Gasteiger partial charge in [-0.15, -0.1) is 0 Å². The Balaban J connectivity index is 2.65. The van der Waals surface area contributed by atoms with Crippen molar-refractivity contribution in [1.82, 2.24) is 0 Å². The number of rotatable bonds is 2. The lowest BCUT2D eigenvalue weighted by Gasteiger charge is -2.22. The normalized spacial score (nSPS) is 13.8. The van der Waals surface area contributed by atoms with Crippen LogP contribution in [0.4, 0.5) is 5.69 Å². The lowest BCUT2D eigenvalue weighted by Crippen LogP contribution is -2.41. The monoisotopic (exact) mass is 272 g/mol. The van der Waals surface area contributed by atoms with Gasteiger partial charge in [-0.3, -0.25) is 0 Å². The van der Waals surface area contributed by atoms with Gasteiger partial charge in [0.05, 0.1) is 0 Å². The van der Waals surface area contributed by atoms with E-state index in [1.807, 2.05) is 0 Å². The molecule has 0 spiro atoms. The molecule has 1 aromatic carbocycles. The largest absolute Gasteiger partial charge is 0.366 e. The summed E-state index contributed by atoms with van der Waals surface area (Å²) in [7, 11) is 0. The molecule has 0 aliphatic heterocycles. The number of hydrogen-bond acceptors (Lipinski definition) is 2. The molecule has 0 amide bonds. The van der Waals surface area contributed by atoms with Gasteiger partial charge >= 0.3 is 0 Å². The van der Waals surface area contributed by atoms with Crippen molar-refractivity contribution in [2.45, 2.75) is 9.96 Å². The van der Waals surface area contributed by atoms with Gasteiger partial charge in [-0.25, -0.2) is 0 Å². The zero-order chi connectivity index (χ0) is 10.8. The predicted octanol–water partition coefficient (Wildman–Crippen LogP) is 3.41. The lowest BCUT2D eigenvalue weighted by molar-refractivity contribution is 0.781. The molecular formula is C8H8Cl4N2. The zero-order valence-corrected chi connectivity index (χ0v) is 10.00. The molecule has 1 unspecified atom stereocenters. The summed E-state index contributed by atoms with van der Waals surface area (Å²) in [6, 6.07) is 6.93. The van der Waals surface area contributed by atoms with E-state index in [0.29, 0.717) is 5.02 Å². The van der Waals surface area contributed by atoms with Gasteiger partial charge in [0.25, 0.3) is 0 Å². The van der Waals surface area contributed by atoms with Crippen LogP contribution in [-0.2, 0) is 0 Å². The van der Waals surface area contributed by atoms with Crippen molar-refractivity contribution >= 4 is 52.1 Å². The number of nitrogens with one attached hydrogen (secondary N) is 1. The predicted molar refractivity (Wildman–Crippen MR) is 63.3 cm³/mol. The standard InChI is InChI=1S/C8H8Cl4N2/c9-5-1-3-6(4-2-5)14-7(13)8(10,11)12/h1-4,7,14H,13H2. The van der Waals surface area contributed by atoms with Crippen molar-refractivity contribution in [2.24, 2.45) is 5.73 Å². The van der Waals surface area contributed by atoms with E-state index in [9.17, 15) is 0 Å². The quantitative estimate of drug-likeness (QED) is 0.640. The van der Waals surface area contributed by atoms with Crippen LogP contribution in [0.3, 0.4) is 0 Å². The van der Waals surface area contributed by atoms with Crippen molar-refractivity contribution in [3.8, 4) is 0 Å². The van der Waals surface area contributed by atoms with Gasteiger partial charge in [-0.2, -0.15) is 0 Å². The fourth-order valence-electron chi connectivity index (χ4n) is 0.808. The Hall–Kier alpha value is 0.140. The average molecular weight is 274 g/mol. The third kappa shape index (κ3) is 3.71. The number of nitrogens with two attached hydrogens (primary N) is 1. The topological polar surface area (TPSA) is 38.0 Å². The molecule has 78 valence electrons. The molecule has 0 aliphatic carbocycles. The molecule has 1 aromatic rings. The summed E-state index contributed by atoms with van der Waals surface area (Å²) in [5.74, 6) is 0. The maximum atomic E-state index is 5.70. The molecule has 0 fully saturated rings. The maximum absolute atomic E-state index is 5.70. The first kappa shape index (κ1) is 12.2. The molecule has 3 N–H and O–H groups in total. The molecule has 6 heteroatoms. The molecule has 0 saturated carbocycles. The van der Waals surface area contributed by atoms with Crippen LogP contribution in [0.2, 0.25) is 5.02 Å². The van der Waals surface area contributed by atoms with Crippen LogP contribution in [0.1, 0.15) is 0 Å². The van der Waals surface area contributed by atoms with E-state index >= 15 is 0 Å². The summed E-state index contributed by atoms with van der Waals surface area (Å²) in [4.78, 5) is 0. The van der Waals surface area contributed by atoms with E-state index in [2.05, 4.69) is 5.32 Å². The SMILES string of the molecule is NC(Nc1ccc(Cl)cc1)C(Cl)(Cl)Cl. The fourth-order valence-corrected chi connectivity index (χ4v) is 1.10. The number of alkyl halides is 3. The van der Waals surface area contributed by atoms with E-state index in [-0.39, 0.29) is 0 Å². The summed E-state index contributed by atoms with van der Waals surface area (Å²) in [5.41, 5.74) is 6.32. The third-order valence-corrected chi connectivity index (χ3v) is 2.48. The second kappa shape index (κ2) is 4.77. The van der Waals surface area contributed by atoms with Crippen LogP contribution in [0.15, 0.2) is 24.3 Å². The highest BCUT2D eigenvalue weighted by Crippen LogP contribution is 2.29. The summed E-state index contributed by atoms with van der Waals surface area (Å²) in [6.45, 7) is 0.